The van der Waals surface area contributed by atoms with Crippen LogP contribution in [0.3, 0.4) is 0 Å². The average Bonchev–Trinajstić information content (AvgIpc) is 3.85. The largest absolute Gasteiger partial charge is 0.344 e. The fourth-order valence-electron chi connectivity index (χ4n) is 8.74. The molecule has 11 aromatic rings. The van der Waals surface area contributed by atoms with Crippen molar-refractivity contribution in [3.8, 4) is 11.1 Å². The predicted octanol–water partition coefficient (Wildman–Crippen LogP) is 14.0. The Kier molecular flexibility index (Phi) is 7.03. The predicted molar refractivity (Wildman–Crippen MR) is 242 cm³/mol. The Morgan fingerprint density at radius 2 is 1.04 bits per heavy atom. The molecule has 2 aromatic heterocycles. The van der Waals surface area contributed by atoms with E-state index in [9.17, 15) is 0 Å². The zero-order valence-corrected chi connectivity index (χ0v) is 31.7. The Bertz CT molecular complexity index is 3430. The van der Waals surface area contributed by atoms with Crippen molar-refractivity contribution in [3.05, 3.63) is 193 Å². The highest BCUT2D eigenvalue weighted by Crippen LogP contribution is 2.44. The molecule has 56 heavy (non-hydrogen) atoms. The minimum Gasteiger partial charge on any atom is -0.344 e. The first-order chi connectivity index (χ1) is 27.7. The summed E-state index contributed by atoms with van der Waals surface area (Å²) in [6, 6.07) is 63.8. The first kappa shape index (κ1) is 31.7. The van der Waals surface area contributed by atoms with Crippen molar-refractivity contribution in [2.45, 2.75) is 6.17 Å². The van der Waals surface area contributed by atoms with E-state index in [1.165, 1.54) is 83.8 Å². The van der Waals surface area contributed by atoms with Crippen molar-refractivity contribution in [3.63, 3.8) is 0 Å². The van der Waals surface area contributed by atoms with Gasteiger partial charge >= 0.3 is 0 Å². The smallest absolute Gasteiger partial charge is 0.159 e. The number of amidine groups is 2. The molecule has 0 spiro atoms. The molecule has 0 aliphatic carbocycles. The molecule has 262 valence electrons. The summed E-state index contributed by atoms with van der Waals surface area (Å²) in [4.78, 5) is 10.4. The third-order valence-corrected chi connectivity index (χ3v) is 13.7. The van der Waals surface area contributed by atoms with Crippen molar-refractivity contribution in [2.24, 2.45) is 9.98 Å². The maximum Gasteiger partial charge on any atom is 0.159 e. The van der Waals surface area contributed by atoms with Crippen LogP contribution in [0.5, 0.6) is 0 Å². The van der Waals surface area contributed by atoms with Crippen LogP contribution in [0.1, 0.15) is 22.9 Å². The Morgan fingerprint density at radius 3 is 1.84 bits per heavy atom. The van der Waals surface area contributed by atoms with Crippen molar-refractivity contribution < 1.29 is 0 Å². The number of benzene rings is 9. The average molecular weight is 750 g/mol. The van der Waals surface area contributed by atoms with E-state index >= 15 is 0 Å². The minimum absolute atomic E-state index is 0.306. The van der Waals surface area contributed by atoms with Crippen LogP contribution < -0.4 is 5.32 Å². The van der Waals surface area contributed by atoms with Gasteiger partial charge in [0.1, 0.15) is 12.0 Å². The highest BCUT2D eigenvalue weighted by atomic mass is 32.1. The van der Waals surface area contributed by atoms with Crippen molar-refractivity contribution in [2.75, 3.05) is 0 Å². The molecular weight excluding hydrogens is 719 g/mol. The number of rotatable bonds is 4. The van der Waals surface area contributed by atoms with Crippen LogP contribution in [0.2, 0.25) is 0 Å². The molecule has 0 amide bonds. The van der Waals surface area contributed by atoms with Crippen molar-refractivity contribution in [1.82, 2.24) is 5.32 Å². The maximum atomic E-state index is 5.25. The van der Waals surface area contributed by atoms with Crippen LogP contribution >= 0.6 is 22.7 Å². The van der Waals surface area contributed by atoms with Gasteiger partial charge in [-0.2, -0.15) is 0 Å². The van der Waals surface area contributed by atoms with Gasteiger partial charge in [-0.15, -0.1) is 22.7 Å². The van der Waals surface area contributed by atoms with Crippen LogP contribution in [-0.4, -0.2) is 11.7 Å². The molecule has 3 nitrogen and oxygen atoms in total. The Labute approximate surface area is 330 Å². The van der Waals surface area contributed by atoms with Gasteiger partial charge in [0, 0.05) is 51.5 Å². The van der Waals surface area contributed by atoms with Gasteiger partial charge < -0.3 is 5.32 Å². The second-order valence-electron chi connectivity index (χ2n) is 14.5. The number of nitrogens with one attached hydrogen (secondary N) is 1. The molecular formula is C51H31N3S2. The first-order valence-corrected chi connectivity index (χ1v) is 20.6. The lowest BCUT2D eigenvalue weighted by atomic mass is 9.91. The summed E-state index contributed by atoms with van der Waals surface area (Å²) in [6.07, 6.45) is -0.306. The van der Waals surface area contributed by atoms with Gasteiger partial charge in [0.2, 0.25) is 0 Å². The van der Waals surface area contributed by atoms with E-state index in [1.54, 1.807) is 0 Å². The van der Waals surface area contributed by atoms with Crippen LogP contribution in [0, 0.1) is 0 Å². The summed E-state index contributed by atoms with van der Waals surface area (Å²) in [5.74, 6) is 1.58. The molecule has 0 radical (unpaired) electrons. The molecule has 3 heterocycles. The molecule has 5 heteroatoms. The first-order valence-electron chi connectivity index (χ1n) is 18.9. The Morgan fingerprint density at radius 1 is 0.411 bits per heavy atom. The molecule has 1 aliphatic heterocycles. The van der Waals surface area contributed by atoms with Gasteiger partial charge in [-0.3, -0.25) is 0 Å². The second-order valence-corrected chi connectivity index (χ2v) is 16.6. The number of nitrogens with zero attached hydrogens (tertiary/aromatic N) is 2. The zero-order chi connectivity index (χ0) is 36.7. The minimum atomic E-state index is -0.306. The molecule has 1 atom stereocenters. The van der Waals surface area contributed by atoms with Crippen LogP contribution in [-0.2, 0) is 0 Å². The summed E-state index contributed by atoms with van der Waals surface area (Å²) < 4.78 is 5.04. The van der Waals surface area contributed by atoms with Gasteiger partial charge in [0.05, 0.1) is 0 Å². The van der Waals surface area contributed by atoms with Gasteiger partial charge in [0.15, 0.2) is 5.84 Å². The standard InChI is InChI=1S/C51H31N3S2/c1-2-12-30(13-3-1)49-52-50(54-51(53-49)42-21-10-20-40-39-18-8-9-22-44(39)56-48(40)42)32-25-27-41-46(29-32)55-45-23-11-19-33(47(41)45)31-24-26-38-36-16-5-4-14-34(36)35-15-6-7-17-37(35)43(38)28-31/h1-29,50H,(H,52,53,54). The second kappa shape index (κ2) is 12.4. The third kappa shape index (κ3) is 4.88. The highest BCUT2D eigenvalue weighted by molar-refractivity contribution is 7.26. The van der Waals surface area contributed by atoms with Gasteiger partial charge in [-0.25, -0.2) is 9.98 Å². The van der Waals surface area contributed by atoms with Crippen LogP contribution in [0.25, 0.3) is 83.8 Å². The fourth-order valence-corrected chi connectivity index (χ4v) is 11.1. The molecule has 0 saturated carbocycles. The van der Waals surface area contributed by atoms with E-state index in [2.05, 4.69) is 175 Å². The van der Waals surface area contributed by atoms with Crippen LogP contribution in [0.4, 0.5) is 0 Å². The Hall–Kier alpha value is -6.66. The van der Waals surface area contributed by atoms with Crippen molar-refractivity contribution in [1.29, 1.82) is 0 Å². The quantitative estimate of drug-likeness (QED) is 0.179. The molecule has 9 aromatic carbocycles. The molecule has 1 aliphatic rings. The molecule has 0 fully saturated rings. The number of hydrogen-bond donors (Lipinski definition) is 1. The molecule has 1 unspecified atom stereocenters. The zero-order valence-electron chi connectivity index (χ0n) is 30.0. The van der Waals surface area contributed by atoms with Crippen molar-refractivity contribution >= 4 is 107 Å². The lowest BCUT2D eigenvalue weighted by Gasteiger charge is -2.24. The van der Waals surface area contributed by atoms with E-state index in [-0.39, 0.29) is 6.17 Å². The van der Waals surface area contributed by atoms with E-state index in [0.29, 0.717) is 0 Å². The summed E-state index contributed by atoms with van der Waals surface area (Å²) in [7, 11) is 0. The monoisotopic (exact) mass is 749 g/mol. The number of hydrogen-bond acceptors (Lipinski definition) is 5. The summed E-state index contributed by atoms with van der Waals surface area (Å²) in [5.41, 5.74) is 5.70. The number of aliphatic imine (C=N–C) groups is 2. The summed E-state index contributed by atoms with van der Waals surface area (Å²) in [5, 5.41) is 16.6. The lowest BCUT2D eigenvalue weighted by Crippen LogP contribution is -2.33. The summed E-state index contributed by atoms with van der Waals surface area (Å²) in [6.45, 7) is 0. The van der Waals surface area contributed by atoms with Gasteiger partial charge in [-0.05, 0) is 79.3 Å². The summed E-state index contributed by atoms with van der Waals surface area (Å²) >= 11 is 3.67. The van der Waals surface area contributed by atoms with Gasteiger partial charge in [-0.1, -0.05) is 146 Å². The maximum absolute atomic E-state index is 5.25. The normalized spacial score (nSPS) is 14.6. The fraction of sp³-hybridized carbons (Fsp3) is 0.0196. The van der Waals surface area contributed by atoms with E-state index in [4.69, 9.17) is 9.98 Å². The number of fused-ring (bicyclic) bond motifs is 12. The number of thiophene rings is 2. The van der Waals surface area contributed by atoms with Gasteiger partial charge in [0.25, 0.3) is 0 Å². The molecule has 12 rings (SSSR count). The van der Waals surface area contributed by atoms with Crippen LogP contribution in [0.15, 0.2) is 186 Å². The van der Waals surface area contributed by atoms with E-state index in [1.807, 2.05) is 28.7 Å². The molecule has 0 bridgehead atoms. The van der Waals surface area contributed by atoms with E-state index in [0.717, 1.165) is 28.4 Å². The topological polar surface area (TPSA) is 36.8 Å². The SMILES string of the molecule is c1ccc(C2=NC(c3ccc4c(c3)sc3cccc(-c5ccc6c7ccccc7c7ccccc7c6c5)c34)NC(c3cccc4c3sc3ccccc34)=N2)cc1. The molecule has 1 N–H and O–H groups in total. The lowest BCUT2D eigenvalue weighted by molar-refractivity contribution is 0.675. The third-order valence-electron chi connectivity index (χ3n) is 11.3. The highest BCUT2D eigenvalue weighted by Gasteiger charge is 2.24. The van der Waals surface area contributed by atoms with E-state index < -0.39 is 0 Å². The molecule has 0 saturated heterocycles. The Balaban J connectivity index is 0.989.